The summed E-state index contributed by atoms with van der Waals surface area (Å²) in [6, 6.07) is 11.3. The molecule has 3 aromatic rings. The highest BCUT2D eigenvalue weighted by Crippen LogP contribution is 2.28. The molecule has 1 N–H and O–H groups in total. The topological polar surface area (TPSA) is 81.9 Å². The van der Waals surface area contributed by atoms with Gasteiger partial charge in [-0.15, -0.1) is 16.8 Å². The fraction of sp³-hybridized carbons (Fsp3) is 0.304. The first-order chi connectivity index (χ1) is 15.6. The molecule has 4 rings (SSSR count). The van der Waals surface area contributed by atoms with Crippen LogP contribution in [-0.4, -0.2) is 37.5 Å². The number of benzene rings is 1. The minimum Gasteiger partial charge on any atom is -0.490 e. The highest BCUT2D eigenvalue weighted by Gasteiger charge is 2.18. The van der Waals surface area contributed by atoms with E-state index in [9.17, 15) is 4.79 Å². The first kappa shape index (κ1) is 22.4. The SMILES string of the molecule is C=CCn1c(SCC(=O)Nc2cccnc2Cl)nnc1-c1ccc(OC2CCCC2)cc1. The van der Waals surface area contributed by atoms with Gasteiger partial charge in [-0.05, 0) is 62.1 Å². The van der Waals surface area contributed by atoms with E-state index < -0.39 is 0 Å². The lowest BCUT2D eigenvalue weighted by Gasteiger charge is -2.13. The van der Waals surface area contributed by atoms with Gasteiger partial charge in [0.1, 0.15) is 5.75 Å². The number of nitrogens with zero attached hydrogens (tertiary/aromatic N) is 4. The number of hydrogen-bond acceptors (Lipinski definition) is 6. The number of halogens is 1. The Bertz CT molecular complexity index is 1080. The lowest BCUT2D eigenvalue weighted by molar-refractivity contribution is -0.113. The Balaban J connectivity index is 1.43. The summed E-state index contributed by atoms with van der Waals surface area (Å²) in [5.41, 5.74) is 1.41. The summed E-state index contributed by atoms with van der Waals surface area (Å²) in [4.78, 5) is 16.3. The van der Waals surface area contributed by atoms with Gasteiger partial charge in [0.05, 0.1) is 17.5 Å². The molecule has 1 aromatic carbocycles. The summed E-state index contributed by atoms with van der Waals surface area (Å²) in [5.74, 6) is 1.55. The van der Waals surface area contributed by atoms with E-state index in [-0.39, 0.29) is 16.8 Å². The molecule has 0 bridgehead atoms. The van der Waals surface area contributed by atoms with Crippen LogP contribution in [0.4, 0.5) is 5.69 Å². The lowest BCUT2D eigenvalue weighted by atomic mass is 10.2. The molecule has 1 aliphatic rings. The smallest absolute Gasteiger partial charge is 0.234 e. The normalized spacial score (nSPS) is 13.8. The summed E-state index contributed by atoms with van der Waals surface area (Å²) in [7, 11) is 0. The van der Waals surface area contributed by atoms with Gasteiger partial charge in [-0.1, -0.05) is 29.4 Å². The van der Waals surface area contributed by atoms with Crippen LogP contribution in [0.1, 0.15) is 25.7 Å². The third-order valence-electron chi connectivity index (χ3n) is 5.11. The molecule has 1 fully saturated rings. The van der Waals surface area contributed by atoms with Crippen LogP contribution >= 0.6 is 23.4 Å². The zero-order chi connectivity index (χ0) is 22.3. The molecule has 0 saturated heterocycles. The molecule has 32 heavy (non-hydrogen) atoms. The zero-order valence-electron chi connectivity index (χ0n) is 17.5. The molecule has 1 aliphatic carbocycles. The standard InChI is InChI=1S/C23H24ClN5O2S/c1-2-14-29-22(16-9-11-18(12-10-16)31-17-6-3-4-7-17)27-28-23(29)32-15-20(30)26-19-8-5-13-25-21(19)24/h2,5,8-13,17H,1,3-4,6-7,14-15H2,(H,26,30). The van der Waals surface area contributed by atoms with E-state index in [4.69, 9.17) is 16.3 Å². The quantitative estimate of drug-likeness (QED) is 0.262. The van der Waals surface area contributed by atoms with Crippen LogP contribution in [0.15, 0.2) is 60.4 Å². The molecule has 2 heterocycles. The van der Waals surface area contributed by atoms with Crippen molar-refractivity contribution < 1.29 is 9.53 Å². The number of carbonyl (C=O) groups excluding carboxylic acids is 1. The van der Waals surface area contributed by atoms with Crippen LogP contribution in [0, 0.1) is 0 Å². The van der Waals surface area contributed by atoms with Crippen molar-refractivity contribution in [2.75, 3.05) is 11.1 Å². The summed E-state index contributed by atoms with van der Waals surface area (Å²) in [6.07, 6.45) is 8.39. The minimum atomic E-state index is -0.201. The Kier molecular flexibility index (Phi) is 7.44. The van der Waals surface area contributed by atoms with Crippen LogP contribution in [0.25, 0.3) is 11.4 Å². The van der Waals surface area contributed by atoms with Gasteiger partial charge in [0.15, 0.2) is 16.1 Å². The monoisotopic (exact) mass is 469 g/mol. The fourth-order valence-electron chi connectivity index (χ4n) is 3.58. The van der Waals surface area contributed by atoms with Gasteiger partial charge in [-0.3, -0.25) is 9.36 Å². The Labute approximate surface area is 196 Å². The first-order valence-corrected chi connectivity index (χ1v) is 11.8. The van der Waals surface area contributed by atoms with Crippen LogP contribution in [-0.2, 0) is 11.3 Å². The Hall–Kier alpha value is -2.84. The lowest BCUT2D eigenvalue weighted by Crippen LogP contribution is -2.15. The van der Waals surface area contributed by atoms with Gasteiger partial charge in [-0.25, -0.2) is 4.98 Å². The number of pyridine rings is 1. The number of ether oxygens (including phenoxy) is 1. The fourth-order valence-corrected chi connectivity index (χ4v) is 4.49. The summed E-state index contributed by atoms with van der Waals surface area (Å²) in [6.45, 7) is 4.37. The zero-order valence-corrected chi connectivity index (χ0v) is 19.1. The number of carbonyl (C=O) groups is 1. The third-order valence-corrected chi connectivity index (χ3v) is 6.38. The second kappa shape index (κ2) is 10.7. The highest BCUT2D eigenvalue weighted by molar-refractivity contribution is 7.99. The number of nitrogens with one attached hydrogen (secondary N) is 1. The van der Waals surface area contributed by atoms with Crippen molar-refractivity contribution in [2.24, 2.45) is 0 Å². The number of allylic oxidation sites excluding steroid dienone is 1. The van der Waals surface area contributed by atoms with Crippen LogP contribution in [0.5, 0.6) is 5.75 Å². The molecular weight excluding hydrogens is 446 g/mol. The molecule has 7 nitrogen and oxygen atoms in total. The number of aromatic nitrogens is 4. The van der Waals surface area contributed by atoms with E-state index in [0.717, 1.165) is 30.0 Å². The predicted molar refractivity (Wildman–Crippen MR) is 127 cm³/mol. The Morgan fingerprint density at radius 3 is 2.75 bits per heavy atom. The summed E-state index contributed by atoms with van der Waals surface area (Å²) < 4.78 is 7.99. The highest BCUT2D eigenvalue weighted by atomic mass is 35.5. The molecule has 0 atom stereocenters. The molecule has 1 saturated carbocycles. The van der Waals surface area contributed by atoms with E-state index in [1.807, 2.05) is 28.8 Å². The van der Waals surface area contributed by atoms with Crippen molar-refractivity contribution >= 4 is 35.0 Å². The molecule has 0 spiro atoms. The molecular formula is C23H24ClN5O2S. The largest absolute Gasteiger partial charge is 0.490 e. The number of hydrogen-bond donors (Lipinski definition) is 1. The average molecular weight is 470 g/mol. The van der Waals surface area contributed by atoms with Crippen LogP contribution in [0.2, 0.25) is 5.15 Å². The van der Waals surface area contributed by atoms with Crippen molar-refractivity contribution in [3.05, 3.63) is 60.4 Å². The van der Waals surface area contributed by atoms with E-state index in [1.54, 1.807) is 24.4 Å². The van der Waals surface area contributed by atoms with Gasteiger partial charge in [0.2, 0.25) is 5.91 Å². The summed E-state index contributed by atoms with van der Waals surface area (Å²) in [5, 5.41) is 12.3. The summed E-state index contributed by atoms with van der Waals surface area (Å²) >= 11 is 7.30. The second-order valence-electron chi connectivity index (χ2n) is 7.43. The molecule has 166 valence electrons. The van der Waals surface area contributed by atoms with Gasteiger partial charge in [0, 0.05) is 18.3 Å². The van der Waals surface area contributed by atoms with E-state index >= 15 is 0 Å². The average Bonchev–Trinajstić information content (AvgIpc) is 3.45. The van der Waals surface area contributed by atoms with Gasteiger partial charge in [0.25, 0.3) is 0 Å². The number of amides is 1. The van der Waals surface area contributed by atoms with Crippen LogP contribution in [0.3, 0.4) is 0 Å². The number of anilines is 1. The van der Waals surface area contributed by atoms with Crippen molar-refractivity contribution in [2.45, 2.75) is 43.5 Å². The van der Waals surface area contributed by atoms with E-state index in [0.29, 0.717) is 23.5 Å². The number of thioether (sulfide) groups is 1. The molecule has 2 aromatic heterocycles. The van der Waals surface area contributed by atoms with Crippen molar-refractivity contribution in [3.8, 4) is 17.1 Å². The van der Waals surface area contributed by atoms with Gasteiger partial charge < -0.3 is 10.1 Å². The van der Waals surface area contributed by atoms with Gasteiger partial charge in [-0.2, -0.15) is 0 Å². The minimum absolute atomic E-state index is 0.161. The molecule has 0 radical (unpaired) electrons. The molecule has 0 unspecified atom stereocenters. The van der Waals surface area contributed by atoms with E-state index in [1.165, 1.54) is 24.6 Å². The van der Waals surface area contributed by atoms with Crippen LogP contribution < -0.4 is 10.1 Å². The molecule has 1 amide bonds. The maximum Gasteiger partial charge on any atom is 0.234 e. The predicted octanol–water partition coefficient (Wildman–Crippen LogP) is 5.23. The Morgan fingerprint density at radius 1 is 1.25 bits per heavy atom. The van der Waals surface area contributed by atoms with E-state index in [2.05, 4.69) is 27.1 Å². The second-order valence-corrected chi connectivity index (χ2v) is 8.73. The number of rotatable bonds is 9. The molecule has 9 heteroatoms. The third kappa shape index (κ3) is 5.49. The van der Waals surface area contributed by atoms with Crippen molar-refractivity contribution in [1.82, 2.24) is 19.7 Å². The van der Waals surface area contributed by atoms with Crippen molar-refractivity contribution in [3.63, 3.8) is 0 Å². The van der Waals surface area contributed by atoms with Crippen molar-refractivity contribution in [1.29, 1.82) is 0 Å². The van der Waals surface area contributed by atoms with Gasteiger partial charge >= 0.3 is 0 Å². The first-order valence-electron chi connectivity index (χ1n) is 10.5. The Morgan fingerprint density at radius 2 is 2.03 bits per heavy atom. The maximum atomic E-state index is 12.4. The maximum absolute atomic E-state index is 12.4. The molecule has 0 aliphatic heterocycles.